The first-order valence-corrected chi connectivity index (χ1v) is 7.43. The van der Waals surface area contributed by atoms with Gasteiger partial charge in [-0.25, -0.2) is 4.98 Å². The van der Waals surface area contributed by atoms with Crippen LogP contribution in [0.5, 0.6) is 0 Å². The van der Waals surface area contributed by atoms with E-state index in [1.54, 1.807) is 6.92 Å². The summed E-state index contributed by atoms with van der Waals surface area (Å²) in [6.45, 7) is 4.37. The number of halogens is 1. The van der Waals surface area contributed by atoms with Crippen molar-refractivity contribution in [2.24, 2.45) is 7.05 Å². The van der Waals surface area contributed by atoms with Gasteiger partial charge in [0.05, 0.1) is 18.1 Å². The van der Waals surface area contributed by atoms with E-state index >= 15 is 0 Å². The van der Waals surface area contributed by atoms with Crippen molar-refractivity contribution < 1.29 is 4.52 Å². The number of rotatable bonds is 5. The van der Waals surface area contributed by atoms with Crippen LogP contribution in [-0.2, 0) is 25.9 Å². The average Bonchev–Trinajstić information content (AvgIpc) is 3.09. The molecule has 0 saturated heterocycles. The molecule has 0 spiro atoms. The molecule has 0 aromatic carbocycles. The van der Waals surface area contributed by atoms with Crippen LogP contribution < -0.4 is 0 Å². The van der Waals surface area contributed by atoms with Gasteiger partial charge in [0.25, 0.3) is 0 Å². The molecule has 0 unspecified atom stereocenters. The van der Waals surface area contributed by atoms with Gasteiger partial charge in [-0.05, 0) is 6.42 Å². The van der Waals surface area contributed by atoms with Crippen molar-refractivity contribution in [1.82, 2.24) is 29.5 Å². The zero-order valence-corrected chi connectivity index (χ0v) is 13.1. The Kier molecular flexibility index (Phi) is 3.67. The summed E-state index contributed by atoms with van der Waals surface area (Å²) in [7, 11) is 1.92. The topological polar surface area (TPSA) is 74.6 Å². The first-order valence-electron chi connectivity index (χ1n) is 6.90. The zero-order chi connectivity index (χ0) is 15.0. The Morgan fingerprint density at radius 1 is 1.29 bits per heavy atom. The standard InChI is InChI=1S/C13H17ClN6O/c1-4-5-9-12-13(19(3)17-9)20(11(6-14)16-12)7-10-15-8(2)21-18-10/h4-7H2,1-3H3. The van der Waals surface area contributed by atoms with Gasteiger partial charge in [-0.15, -0.1) is 11.6 Å². The largest absolute Gasteiger partial charge is 0.340 e. The number of alkyl halides is 1. The van der Waals surface area contributed by atoms with Gasteiger partial charge in [-0.3, -0.25) is 4.68 Å². The second-order valence-corrected chi connectivity index (χ2v) is 5.24. The molecule has 3 aromatic heterocycles. The van der Waals surface area contributed by atoms with Crippen molar-refractivity contribution in [2.45, 2.75) is 39.1 Å². The molecule has 0 aliphatic rings. The highest BCUT2D eigenvalue weighted by molar-refractivity contribution is 6.16. The Bertz CT molecular complexity index is 771. The van der Waals surface area contributed by atoms with E-state index in [2.05, 4.69) is 27.1 Å². The Morgan fingerprint density at radius 2 is 2.10 bits per heavy atom. The minimum atomic E-state index is 0.330. The van der Waals surface area contributed by atoms with Crippen LogP contribution in [0.4, 0.5) is 0 Å². The van der Waals surface area contributed by atoms with Gasteiger partial charge in [0.15, 0.2) is 11.5 Å². The van der Waals surface area contributed by atoms with E-state index in [0.29, 0.717) is 24.1 Å². The minimum Gasteiger partial charge on any atom is -0.340 e. The van der Waals surface area contributed by atoms with Crippen molar-refractivity contribution in [1.29, 1.82) is 0 Å². The average molecular weight is 309 g/mol. The quantitative estimate of drug-likeness (QED) is 0.675. The lowest BCUT2D eigenvalue weighted by atomic mass is 10.2. The van der Waals surface area contributed by atoms with Crippen molar-refractivity contribution in [3.05, 3.63) is 23.2 Å². The Hall–Kier alpha value is -1.89. The molecule has 0 N–H and O–H groups in total. The van der Waals surface area contributed by atoms with Gasteiger partial charge in [0.2, 0.25) is 5.89 Å². The number of imidazole rings is 1. The minimum absolute atomic E-state index is 0.330. The SMILES string of the molecule is CCCc1nn(C)c2c1nc(CCl)n2Cc1noc(C)n1. The van der Waals surface area contributed by atoms with Gasteiger partial charge in [-0.1, -0.05) is 18.5 Å². The molecule has 8 heteroatoms. The van der Waals surface area contributed by atoms with Crippen LogP contribution in [0.3, 0.4) is 0 Å². The van der Waals surface area contributed by atoms with Crippen LogP contribution in [0.1, 0.15) is 36.6 Å². The second kappa shape index (κ2) is 5.48. The predicted molar refractivity (Wildman–Crippen MR) is 78.2 cm³/mol. The van der Waals surface area contributed by atoms with Crippen LogP contribution in [0, 0.1) is 6.92 Å². The molecular formula is C13H17ClN6O. The van der Waals surface area contributed by atoms with Gasteiger partial charge < -0.3 is 9.09 Å². The number of fused-ring (bicyclic) bond motifs is 1. The van der Waals surface area contributed by atoms with E-state index in [9.17, 15) is 0 Å². The van der Waals surface area contributed by atoms with Crippen molar-refractivity contribution in [2.75, 3.05) is 0 Å². The van der Waals surface area contributed by atoms with E-state index in [4.69, 9.17) is 16.1 Å². The summed E-state index contributed by atoms with van der Waals surface area (Å²) in [5, 5.41) is 8.49. The van der Waals surface area contributed by atoms with E-state index in [0.717, 1.165) is 35.5 Å². The summed E-state index contributed by atoms with van der Waals surface area (Å²) >= 11 is 6.04. The van der Waals surface area contributed by atoms with E-state index in [1.165, 1.54) is 0 Å². The van der Waals surface area contributed by atoms with E-state index in [-0.39, 0.29) is 0 Å². The number of aryl methyl sites for hydroxylation is 3. The molecule has 0 amide bonds. The molecule has 112 valence electrons. The zero-order valence-electron chi connectivity index (χ0n) is 12.3. The molecule has 21 heavy (non-hydrogen) atoms. The fraction of sp³-hybridized carbons (Fsp3) is 0.538. The van der Waals surface area contributed by atoms with Gasteiger partial charge in [0, 0.05) is 14.0 Å². The summed E-state index contributed by atoms with van der Waals surface area (Å²) in [5.74, 6) is 2.28. The Morgan fingerprint density at radius 3 is 2.71 bits per heavy atom. The molecular weight excluding hydrogens is 292 g/mol. The normalized spacial score (nSPS) is 11.6. The third-order valence-electron chi connectivity index (χ3n) is 3.35. The molecule has 0 fully saturated rings. The van der Waals surface area contributed by atoms with E-state index in [1.807, 2.05) is 16.3 Å². The number of hydrogen-bond acceptors (Lipinski definition) is 5. The highest BCUT2D eigenvalue weighted by Crippen LogP contribution is 2.22. The van der Waals surface area contributed by atoms with Crippen LogP contribution in [0.15, 0.2) is 4.52 Å². The molecule has 0 bridgehead atoms. The Labute approximate surface area is 126 Å². The fourth-order valence-corrected chi connectivity index (χ4v) is 2.71. The summed E-state index contributed by atoms with van der Waals surface area (Å²) in [6.07, 6.45) is 1.93. The summed E-state index contributed by atoms with van der Waals surface area (Å²) < 4.78 is 8.86. The molecule has 0 radical (unpaired) electrons. The van der Waals surface area contributed by atoms with Gasteiger partial charge >= 0.3 is 0 Å². The first kappa shape index (κ1) is 14.1. The van der Waals surface area contributed by atoms with Crippen LogP contribution in [-0.4, -0.2) is 29.5 Å². The number of nitrogens with zero attached hydrogens (tertiary/aromatic N) is 6. The number of hydrogen-bond donors (Lipinski definition) is 0. The lowest BCUT2D eigenvalue weighted by Gasteiger charge is -2.04. The van der Waals surface area contributed by atoms with Crippen LogP contribution >= 0.6 is 11.6 Å². The number of aromatic nitrogens is 6. The molecule has 3 aromatic rings. The maximum absolute atomic E-state index is 6.04. The summed E-state index contributed by atoms with van der Waals surface area (Å²) in [5.41, 5.74) is 2.86. The van der Waals surface area contributed by atoms with Gasteiger partial charge in [0.1, 0.15) is 11.3 Å². The molecule has 3 rings (SSSR count). The monoisotopic (exact) mass is 308 g/mol. The maximum Gasteiger partial charge on any atom is 0.223 e. The molecule has 0 saturated carbocycles. The first-order chi connectivity index (χ1) is 10.1. The summed E-state index contributed by atoms with van der Waals surface area (Å²) in [6, 6.07) is 0. The molecule has 0 aliphatic carbocycles. The lowest BCUT2D eigenvalue weighted by Crippen LogP contribution is -2.08. The van der Waals surface area contributed by atoms with Crippen molar-refractivity contribution in [3.63, 3.8) is 0 Å². The highest BCUT2D eigenvalue weighted by atomic mass is 35.5. The molecule has 3 heterocycles. The third-order valence-corrected chi connectivity index (χ3v) is 3.59. The van der Waals surface area contributed by atoms with E-state index < -0.39 is 0 Å². The van der Waals surface area contributed by atoms with Gasteiger partial charge in [-0.2, -0.15) is 10.1 Å². The third kappa shape index (κ3) is 2.42. The van der Waals surface area contributed by atoms with Crippen molar-refractivity contribution in [3.8, 4) is 0 Å². The highest BCUT2D eigenvalue weighted by Gasteiger charge is 2.19. The molecule has 7 nitrogen and oxygen atoms in total. The Balaban J connectivity index is 2.11. The second-order valence-electron chi connectivity index (χ2n) is 4.97. The summed E-state index contributed by atoms with van der Waals surface area (Å²) in [4.78, 5) is 8.88. The lowest BCUT2D eigenvalue weighted by molar-refractivity contribution is 0.386. The molecule has 0 aliphatic heterocycles. The smallest absolute Gasteiger partial charge is 0.223 e. The van der Waals surface area contributed by atoms with Crippen LogP contribution in [0.25, 0.3) is 11.2 Å². The van der Waals surface area contributed by atoms with Crippen molar-refractivity contribution >= 4 is 22.8 Å². The fourth-order valence-electron chi connectivity index (χ4n) is 2.51. The predicted octanol–water partition coefficient (Wildman–Crippen LogP) is 2.20. The maximum atomic E-state index is 6.04. The van der Waals surface area contributed by atoms with Crippen LogP contribution in [0.2, 0.25) is 0 Å². The molecule has 0 atom stereocenters.